The Bertz CT molecular complexity index is 97.4. The van der Waals surface area contributed by atoms with Gasteiger partial charge in [-0.25, -0.2) is 0 Å². The highest BCUT2D eigenvalue weighted by Gasteiger charge is 2.00. The maximum atomic E-state index is 5.37. The zero-order valence-corrected chi connectivity index (χ0v) is 6.98. The van der Waals surface area contributed by atoms with Crippen molar-refractivity contribution in [1.82, 2.24) is 5.32 Å². The molecule has 56 valence electrons. The van der Waals surface area contributed by atoms with E-state index in [1.54, 1.807) is 0 Å². The number of allylic oxidation sites excluding steroid dienone is 1. The van der Waals surface area contributed by atoms with Crippen LogP contribution in [0.15, 0.2) is 12.3 Å². The molecule has 2 radical (unpaired) electrons. The second-order valence-electron chi connectivity index (χ2n) is 2.47. The minimum Gasteiger partial charge on any atom is -0.387 e. The van der Waals surface area contributed by atoms with Crippen molar-refractivity contribution in [2.75, 3.05) is 0 Å². The molecule has 0 rings (SSSR count). The second-order valence-corrected chi connectivity index (χ2v) is 2.47. The Morgan fingerprint density at radius 3 is 2.30 bits per heavy atom. The fourth-order valence-corrected chi connectivity index (χ4v) is 0.840. The normalized spacial score (nSPS) is 9.90. The molecule has 0 amide bonds. The van der Waals surface area contributed by atoms with Gasteiger partial charge in [0.05, 0.1) is 7.85 Å². The first kappa shape index (κ1) is 9.60. The number of nitrogens with one attached hydrogen (secondary N) is 1. The Hall–Kier alpha value is -0.395. The Kier molecular flexibility index (Phi) is 5.18. The van der Waals surface area contributed by atoms with Crippen molar-refractivity contribution in [2.24, 2.45) is 0 Å². The van der Waals surface area contributed by atoms with E-state index < -0.39 is 0 Å². The van der Waals surface area contributed by atoms with Crippen molar-refractivity contribution in [3.05, 3.63) is 12.3 Å². The third-order valence-electron chi connectivity index (χ3n) is 1.64. The lowest BCUT2D eigenvalue weighted by Gasteiger charge is -2.16. The van der Waals surface area contributed by atoms with Crippen molar-refractivity contribution in [1.29, 1.82) is 0 Å². The van der Waals surface area contributed by atoms with Crippen molar-refractivity contribution < 1.29 is 0 Å². The molecule has 1 nitrogen and oxygen atoms in total. The SMILES string of the molecule is [B]CC(=C)NC(CC)CC. The molecular formula is C8H16BN. The van der Waals surface area contributed by atoms with Gasteiger partial charge in [-0.05, 0) is 18.5 Å². The van der Waals surface area contributed by atoms with E-state index >= 15 is 0 Å². The predicted octanol–water partition coefficient (Wildman–Crippen LogP) is 1.87. The van der Waals surface area contributed by atoms with E-state index in [0.29, 0.717) is 12.4 Å². The standard InChI is InChI=1S/C8H16BN/c1-4-8(5-2)10-7(3)6-9/h8,10H,3-6H2,1-2H3. The smallest absolute Gasteiger partial charge is 0.0736 e. The quantitative estimate of drug-likeness (QED) is 0.570. The molecule has 10 heavy (non-hydrogen) atoms. The minimum absolute atomic E-state index is 0.538. The highest BCUT2D eigenvalue weighted by atomic mass is 14.9. The Labute approximate surface area is 65.3 Å². The van der Waals surface area contributed by atoms with Gasteiger partial charge in [0.25, 0.3) is 0 Å². The van der Waals surface area contributed by atoms with Gasteiger partial charge in [0, 0.05) is 6.04 Å². The molecule has 0 unspecified atom stereocenters. The summed E-state index contributed by atoms with van der Waals surface area (Å²) in [4.78, 5) is 0. The molecule has 0 aromatic carbocycles. The molecule has 0 aromatic heterocycles. The molecule has 0 spiro atoms. The van der Waals surface area contributed by atoms with Crippen LogP contribution in [0.4, 0.5) is 0 Å². The zero-order valence-electron chi connectivity index (χ0n) is 6.98. The maximum Gasteiger partial charge on any atom is 0.0736 e. The fourth-order valence-electron chi connectivity index (χ4n) is 0.840. The van der Waals surface area contributed by atoms with Crippen LogP contribution in [0.1, 0.15) is 26.7 Å². The van der Waals surface area contributed by atoms with Crippen LogP contribution in [0.5, 0.6) is 0 Å². The van der Waals surface area contributed by atoms with Gasteiger partial charge in [-0.3, -0.25) is 0 Å². The summed E-state index contributed by atoms with van der Waals surface area (Å²) >= 11 is 0. The molecule has 0 aliphatic rings. The highest BCUT2D eigenvalue weighted by Crippen LogP contribution is 2.00. The zero-order chi connectivity index (χ0) is 7.98. The molecule has 0 aliphatic heterocycles. The van der Waals surface area contributed by atoms with Gasteiger partial charge in [0.1, 0.15) is 0 Å². The summed E-state index contributed by atoms with van der Waals surface area (Å²) in [5, 5.41) is 3.25. The molecule has 1 N–H and O–H groups in total. The summed E-state index contributed by atoms with van der Waals surface area (Å²) in [7, 11) is 5.37. The molecular weight excluding hydrogens is 121 g/mol. The van der Waals surface area contributed by atoms with Crippen molar-refractivity contribution in [3.8, 4) is 0 Å². The van der Waals surface area contributed by atoms with Crippen molar-refractivity contribution in [2.45, 2.75) is 39.1 Å². The van der Waals surface area contributed by atoms with Crippen LogP contribution >= 0.6 is 0 Å². The van der Waals surface area contributed by atoms with E-state index in [-0.39, 0.29) is 0 Å². The van der Waals surface area contributed by atoms with E-state index in [9.17, 15) is 0 Å². The van der Waals surface area contributed by atoms with Crippen LogP contribution in [0.2, 0.25) is 6.32 Å². The molecule has 0 bridgehead atoms. The van der Waals surface area contributed by atoms with Crippen molar-refractivity contribution >= 4 is 7.85 Å². The molecule has 0 fully saturated rings. The van der Waals surface area contributed by atoms with Crippen LogP contribution < -0.4 is 5.32 Å². The second kappa shape index (κ2) is 5.39. The molecule has 0 heterocycles. The monoisotopic (exact) mass is 137 g/mol. The number of hydrogen-bond acceptors (Lipinski definition) is 1. The van der Waals surface area contributed by atoms with E-state index in [1.807, 2.05) is 0 Å². The van der Waals surface area contributed by atoms with Gasteiger partial charge in [-0.1, -0.05) is 26.7 Å². The van der Waals surface area contributed by atoms with Gasteiger partial charge in [-0.2, -0.15) is 0 Å². The Balaban J connectivity index is 3.52. The number of hydrogen-bond donors (Lipinski definition) is 1. The van der Waals surface area contributed by atoms with Crippen LogP contribution in [0.25, 0.3) is 0 Å². The lowest BCUT2D eigenvalue weighted by atomic mass is 10.0. The Morgan fingerprint density at radius 1 is 1.50 bits per heavy atom. The van der Waals surface area contributed by atoms with Crippen LogP contribution in [-0.2, 0) is 0 Å². The molecule has 0 atom stereocenters. The average molecular weight is 137 g/mol. The molecule has 0 saturated heterocycles. The largest absolute Gasteiger partial charge is 0.387 e. The summed E-state index contributed by atoms with van der Waals surface area (Å²) in [6, 6.07) is 0.552. The topological polar surface area (TPSA) is 12.0 Å². The lowest BCUT2D eigenvalue weighted by Crippen LogP contribution is -2.26. The predicted molar refractivity (Wildman–Crippen MR) is 47.2 cm³/mol. The van der Waals surface area contributed by atoms with Crippen LogP contribution in [0.3, 0.4) is 0 Å². The van der Waals surface area contributed by atoms with Crippen molar-refractivity contribution in [3.63, 3.8) is 0 Å². The van der Waals surface area contributed by atoms with Gasteiger partial charge < -0.3 is 5.32 Å². The lowest BCUT2D eigenvalue weighted by molar-refractivity contribution is 0.534. The van der Waals surface area contributed by atoms with Gasteiger partial charge in [0.2, 0.25) is 0 Å². The highest BCUT2D eigenvalue weighted by molar-refractivity contribution is 6.10. The van der Waals surface area contributed by atoms with Crippen LogP contribution in [0, 0.1) is 0 Å². The Morgan fingerprint density at radius 2 is 2.00 bits per heavy atom. The maximum absolute atomic E-state index is 5.37. The fraction of sp³-hybridized carbons (Fsp3) is 0.750. The third-order valence-corrected chi connectivity index (χ3v) is 1.64. The van der Waals surface area contributed by atoms with Crippen LogP contribution in [-0.4, -0.2) is 13.9 Å². The van der Waals surface area contributed by atoms with Gasteiger partial charge in [0.15, 0.2) is 0 Å². The first-order chi connectivity index (χ1) is 4.74. The summed E-state index contributed by atoms with van der Waals surface area (Å²) in [5.74, 6) is 0. The van der Waals surface area contributed by atoms with Gasteiger partial charge in [-0.15, -0.1) is 0 Å². The molecule has 0 aliphatic carbocycles. The summed E-state index contributed by atoms with van der Waals surface area (Å²) < 4.78 is 0. The van der Waals surface area contributed by atoms with Gasteiger partial charge >= 0.3 is 0 Å². The minimum atomic E-state index is 0.538. The summed E-state index contributed by atoms with van der Waals surface area (Å²) in [5.41, 5.74) is 0.939. The van der Waals surface area contributed by atoms with E-state index in [1.165, 1.54) is 0 Å². The van der Waals surface area contributed by atoms with E-state index in [2.05, 4.69) is 25.7 Å². The van der Waals surface area contributed by atoms with E-state index in [4.69, 9.17) is 7.85 Å². The molecule has 0 saturated carbocycles. The third kappa shape index (κ3) is 3.60. The molecule has 0 aromatic rings. The number of rotatable bonds is 5. The first-order valence-corrected chi connectivity index (χ1v) is 3.88. The summed E-state index contributed by atoms with van der Waals surface area (Å²) in [6.07, 6.45) is 2.81. The van der Waals surface area contributed by atoms with E-state index in [0.717, 1.165) is 18.5 Å². The molecule has 2 heteroatoms. The first-order valence-electron chi connectivity index (χ1n) is 3.88. The summed E-state index contributed by atoms with van der Waals surface area (Å²) in [6.45, 7) is 8.09. The average Bonchev–Trinajstić information content (AvgIpc) is 1.99.